The first kappa shape index (κ1) is 12.2. The van der Waals surface area contributed by atoms with Crippen LogP contribution in [0.2, 0.25) is 0 Å². The van der Waals surface area contributed by atoms with Crippen LogP contribution in [0.1, 0.15) is 26.3 Å². The summed E-state index contributed by atoms with van der Waals surface area (Å²) < 4.78 is 0. The van der Waals surface area contributed by atoms with Crippen molar-refractivity contribution in [3.8, 4) is 6.07 Å². The molecule has 0 saturated carbocycles. The molecule has 0 aliphatic rings. The minimum absolute atomic E-state index is 0.129. The van der Waals surface area contributed by atoms with Gasteiger partial charge in [0.2, 0.25) is 0 Å². The van der Waals surface area contributed by atoms with E-state index in [2.05, 4.69) is 43.6 Å². The molecule has 4 heteroatoms. The number of nitrogens with zero attached hydrogens (tertiary/aromatic N) is 4. The Kier molecular flexibility index (Phi) is 3.62. The summed E-state index contributed by atoms with van der Waals surface area (Å²) in [5.41, 5.74) is 0.405. The molecule has 1 heterocycles. The largest absolute Gasteiger partial charge is 0.345 e. The van der Waals surface area contributed by atoms with Crippen molar-refractivity contribution in [2.45, 2.75) is 26.3 Å². The molecular weight excluding hydrogens is 200 g/mol. The maximum atomic E-state index is 9.03. The van der Waals surface area contributed by atoms with Crippen LogP contribution in [0, 0.1) is 11.3 Å². The van der Waals surface area contributed by atoms with E-state index in [1.54, 1.807) is 12.1 Å². The summed E-state index contributed by atoms with van der Waals surface area (Å²) in [5, 5.41) is 16.9. The molecule has 0 aliphatic heterocycles. The number of hydrogen-bond acceptors (Lipinski definition) is 4. The van der Waals surface area contributed by atoms with Gasteiger partial charge in [-0.1, -0.05) is 6.08 Å². The van der Waals surface area contributed by atoms with Crippen molar-refractivity contribution in [1.29, 1.82) is 5.26 Å². The van der Waals surface area contributed by atoms with Crippen LogP contribution in [-0.4, -0.2) is 22.3 Å². The van der Waals surface area contributed by atoms with Gasteiger partial charge < -0.3 is 4.90 Å². The summed E-state index contributed by atoms with van der Waals surface area (Å²) >= 11 is 0. The summed E-state index contributed by atoms with van der Waals surface area (Å²) in [4.78, 5) is 2.01. The van der Waals surface area contributed by atoms with Gasteiger partial charge in [-0.3, -0.25) is 0 Å². The average Bonchev–Trinajstić information content (AvgIpc) is 2.24. The van der Waals surface area contributed by atoms with Crippen molar-refractivity contribution < 1.29 is 0 Å². The monoisotopic (exact) mass is 216 g/mol. The SMILES string of the molecule is C=CCN(c1nnccc1C#N)C(C)(C)C. The third-order valence-electron chi connectivity index (χ3n) is 2.20. The summed E-state index contributed by atoms with van der Waals surface area (Å²) in [6.07, 6.45) is 3.32. The van der Waals surface area contributed by atoms with E-state index >= 15 is 0 Å². The van der Waals surface area contributed by atoms with Gasteiger partial charge in [0.15, 0.2) is 5.82 Å². The number of rotatable bonds is 3. The van der Waals surface area contributed by atoms with E-state index in [9.17, 15) is 0 Å². The zero-order valence-electron chi connectivity index (χ0n) is 9.94. The summed E-state index contributed by atoms with van der Waals surface area (Å²) in [5.74, 6) is 0.609. The normalized spacial score (nSPS) is 10.6. The van der Waals surface area contributed by atoms with Crippen molar-refractivity contribution in [1.82, 2.24) is 10.2 Å². The highest BCUT2D eigenvalue weighted by molar-refractivity contribution is 5.54. The van der Waals surface area contributed by atoms with Gasteiger partial charge in [0.25, 0.3) is 0 Å². The lowest BCUT2D eigenvalue weighted by Gasteiger charge is -2.35. The Labute approximate surface area is 96.2 Å². The number of anilines is 1. The average molecular weight is 216 g/mol. The van der Waals surface area contributed by atoms with Crippen LogP contribution >= 0.6 is 0 Å². The summed E-state index contributed by atoms with van der Waals surface area (Å²) in [6.45, 7) is 10.5. The number of nitriles is 1. The molecule has 0 radical (unpaired) electrons. The smallest absolute Gasteiger partial charge is 0.169 e. The molecule has 0 bridgehead atoms. The molecule has 0 saturated heterocycles. The van der Waals surface area contributed by atoms with Crippen molar-refractivity contribution >= 4 is 5.82 Å². The Morgan fingerprint density at radius 3 is 2.75 bits per heavy atom. The summed E-state index contributed by atoms with van der Waals surface area (Å²) in [7, 11) is 0. The van der Waals surface area contributed by atoms with Gasteiger partial charge in [-0.2, -0.15) is 10.4 Å². The zero-order valence-corrected chi connectivity index (χ0v) is 9.94. The van der Waals surface area contributed by atoms with Crippen LogP contribution in [0.15, 0.2) is 24.9 Å². The fourth-order valence-corrected chi connectivity index (χ4v) is 1.42. The fourth-order valence-electron chi connectivity index (χ4n) is 1.42. The fraction of sp³-hybridized carbons (Fsp3) is 0.417. The van der Waals surface area contributed by atoms with E-state index in [1.165, 1.54) is 6.20 Å². The zero-order chi connectivity index (χ0) is 12.2. The minimum atomic E-state index is -0.129. The molecule has 1 aromatic heterocycles. The van der Waals surface area contributed by atoms with Gasteiger partial charge in [0.1, 0.15) is 6.07 Å². The second-order valence-corrected chi connectivity index (χ2v) is 4.45. The molecule has 0 fully saturated rings. The van der Waals surface area contributed by atoms with Gasteiger partial charge >= 0.3 is 0 Å². The van der Waals surface area contributed by atoms with Crippen LogP contribution in [0.25, 0.3) is 0 Å². The molecule has 0 atom stereocenters. The van der Waals surface area contributed by atoms with Gasteiger partial charge in [0, 0.05) is 12.1 Å². The summed E-state index contributed by atoms with van der Waals surface area (Å²) in [6, 6.07) is 3.80. The van der Waals surface area contributed by atoms with E-state index in [-0.39, 0.29) is 5.54 Å². The topological polar surface area (TPSA) is 52.8 Å². The molecule has 1 rings (SSSR count). The molecule has 1 aromatic rings. The second kappa shape index (κ2) is 4.75. The van der Waals surface area contributed by atoms with Crippen molar-refractivity contribution in [3.63, 3.8) is 0 Å². The van der Waals surface area contributed by atoms with Gasteiger partial charge in [-0.25, -0.2) is 0 Å². The predicted molar refractivity (Wildman–Crippen MR) is 64.0 cm³/mol. The van der Waals surface area contributed by atoms with E-state index in [0.29, 0.717) is 17.9 Å². The highest BCUT2D eigenvalue weighted by Crippen LogP contribution is 2.23. The van der Waals surface area contributed by atoms with Crippen molar-refractivity contribution in [3.05, 3.63) is 30.5 Å². The van der Waals surface area contributed by atoms with E-state index in [0.717, 1.165) is 0 Å². The molecule has 0 N–H and O–H groups in total. The molecule has 84 valence electrons. The van der Waals surface area contributed by atoms with Crippen LogP contribution in [0.3, 0.4) is 0 Å². The minimum Gasteiger partial charge on any atom is -0.345 e. The van der Waals surface area contributed by atoms with Gasteiger partial charge in [-0.05, 0) is 26.8 Å². The van der Waals surface area contributed by atoms with Crippen molar-refractivity contribution in [2.24, 2.45) is 0 Å². The maximum absolute atomic E-state index is 9.03. The second-order valence-electron chi connectivity index (χ2n) is 4.45. The van der Waals surface area contributed by atoms with E-state index in [1.807, 2.05) is 4.90 Å². The molecule has 0 aliphatic carbocycles. The Bertz CT molecular complexity index is 412. The van der Waals surface area contributed by atoms with E-state index < -0.39 is 0 Å². The molecular formula is C12H16N4. The van der Waals surface area contributed by atoms with E-state index in [4.69, 9.17) is 5.26 Å². The molecule has 0 amide bonds. The van der Waals surface area contributed by atoms with Gasteiger partial charge in [0.05, 0.1) is 11.8 Å². The Balaban J connectivity index is 3.21. The Morgan fingerprint density at radius 1 is 1.56 bits per heavy atom. The lowest BCUT2D eigenvalue weighted by molar-refractivity contribution is 0.514. The number of hydrogen-bond donors (Lipinski definition) is 0. The first-order valence-electron chi connectivity index (χ1n) is 5.11. The van der Waals surface area contributed by atoms with Crippen molar-refractivity contribution in [2.75, 3.05) is 11.4 Å². The quantitative estimate of drug-likeness (QED) is 0.726. The number of aromatic nitrogens is 2. The van der Waals surface area contributed by atoms with Crippen LogP contribution in [0.4, 0.5) is 5.82 Å². The maximum Gasteiger partial charge on any atom is 0.169 e. The third-order valence-corrected chi connectivity index (χ3v) is 2.20. The highest BCUT2D eigenvalue weighted by atomic mass is 15.3. The molecule has 4 nitrogen and oxygen atoms in total. The molecule has 0 spiro atoms. The van der Waals surface area contributed by atoms with Crippen LogP contribution in [-0.2, 0) is 0 Å². The standard InChI is InChI=1S/C12H16N4/c1-5-8-16(12(2,3)4)11-10(9-13)6-7-14-15-11/h5-7H,1,8H2,2-4H3. The third kappa shape index (κ3) is 2.57. The first-order chi connectivity index (χ1) is 7.50. The lowest BCUT2D eigenvalue weighted by atomic mass is 10.1. The highest BCUT2D eigenvalue weighted by Gasteiger charge is 2.24. The van der Waals surface area contributed by atoms with Crippen LogP contribution < -0.4 is 4.90 Å². The predicted octanol–water partition coefficient (Wildman–Crippen LogP) is 2.14. The molecule has 0 unspecified atom stereocenters. The van der Waals surface area contributed by atoms with Gasteiger partial charge in [-0.15, -0.1) is 11.7 Å². The van der Waals surface area contributed by atoms with Crippen LogP contribution in [0.5, 0.6) is 0 Å². The molecule has 0 aromatic carbocycles. The Morgan fingerprint density at radius 2 is 2.25 bits per heavy atom. The molecule has 16 heavy (non-hydrogen) atoms. The first-order valence-corrected chi connectivity index (χ1v) is 5.11. The lowest BCUT2D eigenvalue weighted by Crippen LogP contribution is -2.42. The Hall–Kier alpha value is -1.89.